The molecule has 0 saturated carbocycles. The highest BCUT2D eigenvalue weighted by molar-refractivity contribution is 5.78. The van der Waals surface area contributed by atoms with Crippen molar-refractivity contribution in [3.8, 4) is 0 Å². The van der Waals surface area contributed by atoms with Gasteiger partial charge in [-0.25, -0.2) is 0 Å². The molecular weight excluding hydrogens is 226 g/mol. The van der Waals surface area contributed by atoms with Crippen LogP contribution in [-0.2, 0) is 4.79 Å². The molecule has 0 aromatic carbocycles. The summed E-state index contributed by atoms with van der Waals surface area (Å²) in [5, 5.41) is 3.07. The van der Waals surface area contributed by atoms with Crippen LogP contribution in [0.5, 0.6) is 0 Å². The van der Waals surface area contributed by atoms with Crippen LogP contribution in [0.3, 0.4) is 0 Å². The van der Waals surface area contributed by atoms with Crippen molar-refractivity contribution < 1.29 is 4.79 Å². The zero-order valence-corrected chi connectivity index (χ0v) is 12.1. The molecule has 4 nitrogen and oxygen atoms in total. The maximum absolute atomic E-state index is 11.9. The molecular formula is C14H29N3O. The molecule has 1 fully saturated rings. The van der Waals surface area contributed by atoms with Crippen LogP contribution in [0.4, 0.5) is 0 Å². The predicted octanol–water partition coefficient (Wildman–Crippen LogP) is 1.21. The molecule has 1 heterocycles. The Balaban J connectivity index is 2.26. The highest BCUT2D eigenvalue weighted by atomic mass is 16.1. The van der Waals surface area contributed by atoms with Gasteiger partial charge >= 0.3 is 0 Å². The maximum atomic E-state index is 11.9. The first kappa shape index (κ1) is 15.4. The van der Waals surface area contributed by atoms with E-state index in [1.807, 2.05) is 0 Å². The van der Waals surface area contributed by atoms with Gasteiger partial charge < -0.3 is 16.0 Å². The molecule has 4 heteroatoms. The number of nitrogens with zero attached hydrogens (tertiary/aromatic N) is 1. The van der Waals surface area contributed by atoms with Crippen molar-refractivity contribution in [2.45, 2.75) is 46.1 Å². The fourth-order valence-electron chi connectivity index (χ4n) is 2.59. The van der Waals surface area contributed by atoms with E-state index in [0.717, 1.165) is 32.5 Å². The number of carbonyl (C=O) groups is 1. The second-order valence-corrected chi connectivity index (χ2v) is 5.71. The molecule has 1 saturated heterocycles. The van der Waals surface area contributed by atoms with Crippen LogP contribution in [0.1, 0.15) is 40.0 Å². The molecule has 2 atom stereocenters. The summed E-state index contributed by atoms with van der Waals surface area (Å²) in [7, 11) is 0. The Labute approximate surface area is 111 Å². The monoisotopic (exact) mass is 255 g/mol. The predicted molar refractivity (Wildman–Crippen MR) is 75.3 cm³/mol. The molecule has 106 valence electrons. The highest BCUT2D eigenvalue weighted by Gasteiger charge is 2.25. The van der Waals surface area contributed by atoms with Crippen molar-refractivity contribution >= 4 is 5.91 Å². The van der Waals surface area contributed by atoms with E-state index in [4.69, 9.17) is 5.73 Å². The third-order valence-electron chi connectivity index (χ3n) is 3.90. The van der Waals surface area contributed by atoms with Gasteiger partial charge in [0, 0.05) is 25.7 Å². The van der Waals surface area contributed by atoms with Gasteiger partial charge in [0.1, 0.15) is 0 Å². The van der Waals surface area contributed by atoms with Gasteiger partial charge in [-0.2, -0.15) is 0 Å². The van der Waals surface area contributed by atoms with E-state index in [1.165, 1.54) is 6.42 Å². The van der Waals surface area contributed by atoms with E-state index in [9.17, 15) is 4.79 Å². The number of rotatable bonds is 7. The van der Waals surface area contributed by atoms with Gasteiger partial charge in [0.2, 0.25) is 5.91 Å². The van der Waals surface area contributed by atoms with E-state index < -0.39 is 0 Å². The Morgan fingerprint density at radius 3 is 2.72 bits per heavy atom. The second-order valence-electron chi connectivity index (χ2n) is 5.71. The fourth-order valence-corrected chi connectivity index (χ4v) is 2.59. The Bertz CT molecular complexity index is 255. The van der Waals surface area contributed by atoms with Crippen LogP contribution >= 0.6 is 0 Å². The van der Waals surface area contributed by atoms with Crippen LogP contribution in [-0.4, -0.2) is 43.0 Å². The molecule has 0 radical (unpaired) electrons. The molecule has 0 spiro atoms. The second kappa shape index (κ2) is 7.74. The zero-order chi connectivity index (χ0) is 13.5. The quantitative estimate of drug-likeness (QED) is 0.719. The Hall–Kier alpha value is -0.610. The molecule has 1 amide bonds. The van der Waals surface area contributed by atoms with Crippen molar-refractivity contribution in [1.29, 1.82) is 0 Å². The summed E-state index contributed by atoms with van der Waals surface area (Å²) < 4.78 is 0. The summed E-state index contributed by atoms with van der Waals surface area (Å²) in [6.45, 7) is 10.1. The van der Waals surface area contributed by atoms with Gasteiger partial charge in [0.15, 0.2) is 0 Å². The third-order valence-corrected chi connectivity index (χ3v) is 3.90. The van der Waals surface area contributed by atoms with Crippen molar-refractivity contribution in [2.75, 3.05) is 26.2 Å². The number of nitrogens with one attached hydrogen (secondary N) is 1. The minimum absolute atomic E-state index is 0.00222. The lowest BCUT2D eigenvalue weighted by Crippen LogP contribution is -2.38. The van der Waals surface area contributed by atoms with Crippen LogP contribution in [0.25, 0.3) is 0 Å². The molecule has 1 aliphatic rings. The molecule has 2 unspecified atom stereocenters. The smallest absolute Gasteiger partial charge is 0.224 e. The summed E-state index contributed by atoms with van der Waals surface area (Å²) in [4.78, 5) is 14.4. The highest BCUT2D eigenvalue weighted by Crippen LogP contribution is 2.17. The van der Waals surface area contributed by atoms with E-state index >= 15 is 0 Å². The number of nitrogens with two attached hydrogens (primary N) is 1. The first-order valence-corrected chi connectivity index (χ1v) is 7.30. The number of amides is 1. The Kier molecular flexibility index (Phi) is 6.65. The van der Waals surface area contributed by atoms with Crippen LogP contribution in [0, 0.1) is 11.8 Å². The van der Waals surface area contributed by atoms with Gasteiger partial charge in [-0.05, 0) is 39.2 Å². The Morgan fingerprint density at radius 1 is 1.50 bits per heavy atom. The van der Waals surface area contributed by atoms with Gasteiger partial charge in [0.25, 0.3) is 0 Å². The zero-order valence-electron chi connectivity index (χ0n) is 12.1. The van der Waals surface area contributed by atoms with Gasteiger partial charge in [-0.3, -0.25) is 4.79 Å². The van der Waals surface area contributed by atoms with Gasteiger partial charge in [-0.15, -0.1) is 0 Å². The van der Waals surface area contributed by atoms with Gasteiger partial charge in [-0.1, -0.05) is 13.3 Å². The average Bonchev–Trinajstić information content (AvgIpc) is 2.82. The van der Waals surface area contributed by atoms with Crippen molar-refractivity contribution in [2.24, 2.45) is 17.6 Å². The lowest BCUT2D eigenvalue weighted by molar-refractivity contribution is -0.125. The van der Waals surface area contributed by atoms with E-state index in [0.29, 0.717) is 18.5 Å². The van der Waals surface area contributed by atoms with Crippen molar-refractivity contribution in [1.82, 2.24) is 10.2 Å². The van der Waals surface area contributed by atoms with E-state index in [-0.39, 0.29) is 11.8 Å². The number of likely N-dealkylation sites (tertiary alicyclic amines) is 1. The molecule has 0 bridgehead atoms. The maximum Gasteiger partial charge on any atom is 0.224 e. The summed E-state index contributed by atoms with van der Waals surface area (Å²) in [6.07, 6.45) is 3.10. The number of hydrogen-bond acceptors (Lipinski definition) is 3. The minimum Gasteiger partial charge on any atom is -0.355 e. The molecule has 0 aromatic heterocycles. The first-order chi connectivity index (χ1) is 8.58. The summed E-state index contributed by atoms with van der Waals surface area (Å²) in [5.41, 5.74) is 5.64. The summed E-state index contributed by atoms with van der Waals surface area (Å²) >= 11 is 0. The van der Waals surface area contributed by atoms with Gasteiger partial charge in [0.05, 0.1) is 5.92 Å². The lowest BCUT2D eigenvalue weighted by Gasteiger charge is -2.21. The topological polar surface area (TPSA) is 58.4 Å². The lowest BCUT2D eigenvalue weighted by atomic mass is 10.0. The number of carbonyl (C=O) groups excluding carboxylic acids is 1. The van der Waals surface area contributed by atoms with Crippen LogP contribution < -0.4 is 11.1 Å². The van der Waals surface area contributed by atoms with E-state index in [1.54, 1.807) is 0 Å². The molecule has 1 rings (SSSR count). The molecule has 18 heavy (non-hydrogen) atoms. The van der Waals surface area contributed by atoms with E-state index in [2.05, 4.69) is 31.0 Å². The third kappa shape index (κ3) is 4.58. The Morgan fingerprint density at radius 2 is 2.22 bits per heavy atom. The summed E-state index contributed by atoms with van der Waals surface area (Å²) in [5.74, 6) is 0.747. The normalized spacial score (nSPS) is 22.4. The van der Waals surface area contributed by atoms with Crippen molar-refractivity contribution in [3.63, 3.8) is 0 Å². The van der Waals surface area contributed by atoms with Crippen LogP contribution in [0.15, 0.2) is 0 Å². The average molecular weight is 255 g/mol. The minimum atomic E-state index is -0.00222. The molecule has 0 aromatic rings. The molecule has 1 aliphatic heterocycles. The SMILES string of the molecule is CCCC(CN)C(=O)NCC1CCN(C(C)C)C1. The molecule has 0 aliphatic carbocycles. The van der Waals surface area contributed by atoms with Crippen LogP contribution in [0.2, 0.25) is 0 Å². The summed E-state index contributed by atoms with van der Waals surface area (Å²) in [6, 6.07) is 0.614. The largest absolute Gasteiger partial charge is 0.355 e. The standard InChI is InChI=1S/C14H29N3O/c1-4-5-13(8-15)14(18)16-9-12-6-7-17(10-12)11(2)3/h11-13H,4-10,15H2,1-3H3,(H,16,18). The fraction of sp³-hybridized carbons (Fsp3) is 0.929. The molecule has 3 N–H and O–H groups in total. The number of hydrogen-bond donors (Lipinski definition) is 2. The first-order valence-electron chi connectivity index (χ1n) is 7.30. The van der Waals surface area contributed by atoms with Crippen molar-refractivity contribution in [3.05, 3.63) is 0 Å².